The lowest BCUT2D eigenvalue weighted by Crippen LogP contribution is -3.12. The standard InChI is InChI=1S/C14H21ClN2O/c1-10(2)16-14(18)11(3)17(4)9-12-5-7-13(15)8-6-12/h5-8,10-11H,9H2,1-4H3,(H,16,18)/p+1/t11-/m1/s1. The summed E-state index contributed by atoms with van der Waals surface area (Å²) in [5, 5.41) is 3.68. The molecule has 0 spiro atoms. The van der Waals surface area contributed by atoms with Crippen molar-refractivity contribution in [2.75, 3.05) is 7.05 Å². The average molecular weight is 270 g/mol. The van der Waals surface area contributed by atoms with Crippen LogP contribution in [0, 0.1) is 0 Å². The number of benzene rings is 1. The zero-order valence-corrected chi connectivity index (χ0v) is 12.2. The van der Waals surface area contributed by atoms with Crippen LogP contribution < -0.4 is 10.2 Å². The molecule has 0 fully saturated rings. The fourth-order valence-electron chi connectivity index (χ4n) is 1.71. The van der Waals surface area contributed by atoms with Crippen LogP contribution in [0.2, 0.25) is 5.02 Å². The Labute approximate surface area is 114 Å². The molecule has 100 valence electrons. The van der Waals surface area contributed by atoms with Crippen LogP contribution >= 0.6 is 11.6 Å². The zero-order chi connectivity index (χ0) is 13.7. The minimum Gasteiger partial charge on any atom is -0.349 e. The summed E-state index contributed by atoms with van der Waals surface area (Å²) in [7, 11) is 2.03. The molecule has 0 heterocycles. The molecule has 0 radical (unpaired) electrons. The van der Waals surface area contributed by atoms with Gasteiger partial charge in [0, 0.05) is 16.6 Å². The van der Waals surface area contributed by atoms with Crippen LogP contribution in [0.5, 0.6) is 0 Å². The molecule has 18 heavy (non-hydrogen) atoms. The average Bonchev–Trinajstić information content (AvgIpc) is 2.30. The van der Waals surface area contributed by atoms with E-state index in [1.807, 2.05) is 52.1 Å². The van der Waals surface area contributed by atoms with Crippen molar-refractivity contribution >= 4 is 17.5 Å². The van der Waals surface area contributed by atoms with Crippen molar-refractivity contribution in [3.8, 4) is 0 Å². The van der Waals surface area contributed by atoms with E-state index < -0.39 is 0 Å². The number of carbonyl (C=O) groups excluding carboxylic acids is 1. The third-order valence-corrected chi connectivity index (χ3v) is 3.21. The maximum atomic E-state index is 11.9. The number of rotatable bonds is 5. The predicted molar refractivity (Wildman–Crippen MR) is 74.8 cm³/mol. The summed E-state index contributed by atoms with van der Waals surface area (Å²) < 4.78 is 0. The fraction of sp³-hybridized carbons (Fsp3) is 0.500. The maximum Gasteiger partial charge on any atom is 0.278 e. The zero-order valence-electron chi connectivity index (χ0n) is 11.5. The molecular weight excluding hydrogens is 248 g/mol. The molecule has 0 aliphatic carbocycles. The summed E-state index contributed by atoms with van der Waals surface area (Å²) in [5.74, 6) is 0.0939. The summed E-state index contributed by atoms with van der Waals surface area (Å²) in [6.07, 6.45) is 0. The van der Waals surface area contributed by atoms with Gasteiger partial charge in [0.1, 0.15) is 6.54 Å². The van der Waals surface area contributed by atoms with Crippen LogP contribution in [0.25, 0.3) is 0 Å². The molecule has 0 saturated carbocycles. The van der Waals surface area contributed by atoms with Crippen molar-refractivity contribution < 1.29 is 9.69 Å². The van der Waals surface area contributed by atoms with Crippen LogP contribution in [-0.4, -0.2) is 25.0 Å². The molecule has 2 N–H and O–H groups in total. The molecule has 4 heteroatoms. The van der Waals surface area contributed by atoms with E-state index in [0.717, 1.165) is 16.5 Å². The van der Waals surface area contributed by atoms with Crippen LogP contribution in [0.3, 0.4) is 0 Å². The molecular formula is C14H22ClN2O+. The molecule has 1 rings (SSSR count). The molecule has 1 unspecified atom stereocenters. The highest BCUT2D eigenvalue weighted by molar-refractivity contribution is 6.30. The van der Waals surface area contributed by atoms with Gasteiger partial charge in [-0.25, -0.2) is 0 Å². The number of quaternary nitrogens is 1. The smallest absolute Gasteiger partial charge is 0.278 e. The number of halogens is 1. The van der Waals surface area contributed by atoms with E-state index in [2.05, 4.69) is 5.32 Å². The summed E-state index contributed by atoms with van der Waals surface area (Å²) in [6, 6.07) is 7.87. The Balaban J connectivity index is 2.56. The van der Waals surface area contributed by atoms with Gasteiger partial charge in [-0.3, -0.25) is 4.79 Å². The Morgan fingerprint density at radius 3 is 2.33 bits per heavy atom. The van der Waals surface area contributed by atoms with Crippen LogP contribution in [0.4, 0.5) is 0 Å². The molecule has 3 nitrogen and oxygen atoms in total. The number of hydrogen-bond acceptors (Lipinski definition) is 1. The first kappa shape index (κ1) is 15.0. The molecule has 1 aromatic rings. The Kier molecular flexibility index (Phi) is 5.63. The van der Waals surface area contributed by atoms with E-state index in [1.165, 1.54) is 5.56 Å². The third kappa shape index (κ3) is 4.67. The summed E-state index contributed by atoms with van der Waals surface area (Å²) in [6.45, 7) is 6.70. The van der Waals surface area contributed by atoms with Gasteiger partial charge in [-0.05, 0) is 32.9 Å². The van der Waals surface area contributed by atoms with Gasteiger partial charge in [-0.2, -0.15) is 0 Å². The lowest BCUT2D eigenvalue weighted by Gasteiger charge is -2.22. The normalized spacial score (nSPS) is 14.3. The van der Waals surface area contributed by atoms with Crippen LogP contribution in [0.1, 0.15) is 26.3 Å². The molecule has 0 aromatic heterocycles. The number of likely N-dealkylation sites (N-methyl/N-ethyl adjacent to an activating group) is 1. The van der Waals surface area contributed by atoms with Gasteiger partial charge in [-0.15, -0.1) is 0 Å². The Morgan fingerprint density at radius 2 is 1.83 bits per heavy atom. The monoisotopic (exact) mass is 269 g/mol. The van der Waals surface area contributed by atoms with Crippen molar-refractivity contribution in [3.05, 3.63) is 34.9 Å². The first-order chi connectivity index (χ1) is 8.40. The minimum absolute atomic E-state index is 0.0666. The van der Waals surface area contributed by atoms with Crippen molar-refractivity contribution in [2.45, 2.75) is 39.4 Å². The summed E-state index contributed by atoms with van der Waals surface area (Å²) in [4.78, 5) is 13.0. The highest BCUT2D eigenvalue weighted by Crippen LogP contribution is 2.08. The van der Waals surface area contributed by atoms with E-state index in [-0.39, 0.29) is 18.0 Å². The number of hydrogen-bond donors (Lipinski definition) is 2. The minimum atomic E-state index is -0.0666. The number of nitrogens with one attached hydrogen (secondary N) is 2. The molecule has 2 atom stereocenters. The quantitative estimate of drug-likeness (QED) is 0.829. The van der Waals surface area contributed by atoms with Gasteiger partial charge < -0.3 is 10.2 Å². The fourth-order valence-corrected chi connectivity index (χ4v) is 1.84. The van der Waals surface area contributed by atoms with Gasteiger partial charge in [0.15, 0.2) is 6.04 Å². The van der Waals surface area contributed by atoms with E-state index in [1.54, 1.807) is 0 Å². The third-order valence-electron chi connectivity index (χ3n) is 2.96. The van der Waals surface area contributed by atoms with Gasteiger partial charge >= 0.3 is 0 Å². The highest BCUT2D eigenvalue weighted by atomic mass is 35.5. The molecule has 0 aliphatic heterocycles. The van der Waals surface area contributed by atoms with Crippen LogP contribution in [-0.2, 0) is 11.3 Å². The highest BCUT2D eigenvalue weighted by Gasteiger charge is 2.22. The molecule has 1 aromatic carbocycles. The predicted octanol–water partition coefficient (Wildman–Crippen LogP) is 1.27. The van der Waals surface area contributed by atoms with E-state index in [0.29, 0.717) is 0 Å². The van der Waals surface area contributed by atoms with Crippen molar-refractivity contribution in [3.63, 3.8) is 0 Å². The lowest BCUT2D eigenvalue weighted by atomic mass is 10.2. The maximum absolute atomic E-state index is 11.9. The second kappa shape index (κ2) is 6.76. The van der Waals surface area contributed by atoms with Crippen molar-refractivity contribution in [2.24, 2.45) is 0 Å². The molecule has 0 bridgehead atoms. The van der Waals surface area contributed by atoms with Gasteiger partial charge in [-0.1, -0.05) is 23.7 Å². The van der Waals surface area contributed by atoms with Gasteiger partial charge in [0.05, 0.1) is 7.05 Å². The SMILES string of the molecule is CC(C)NC(=O)[C@@H](C)[NH+](C)Cc1ccc(Cl)cc1. The van der Waals surface area contributed by atoms with Gasteiger partial charge in [0.25, 0.3) is 5.91 Å². The van der Waals surface area contributed by atoms with Crippen LogP contribution in [0.15, 0.2) is 24.3 Å². The summed E-state index contributed by atoms with van der Waals surface area (Å²) >= 11 is 5.85. The second-order valence-electron chi connectivity index (χ2n) is 5.03. The molecule has 0 aliphatic rings. The Bertz CT molecular complexity index is 389. The molecule has 0 saturated heterocycles. The van der Waals surface area contributed by atoms with Crippen molar-refractivity contribution in [1.82, 2.24) is 5.32 Å². The van der Waals surface area contributed by atoms with E-state index >= 15 is 0 Å². The first-order valence-corrected chi connectivity index (χ1v) is 6.65. The topological polar surface area (TPSA) is 33.5 Å². The number of amides is 1. The molecule has 1 amide bonds. The van der Waals surface area contributed by atoms with Crippen molar-refractivity contribution in [1.29, 1.82) is 0 Å². The summed E-state index contributed by atoms with van der Waals surface area (Å²) in [5.41, 5.74) is 1.18. The Hall–Kier alpha value is -1.06. The largest absolute Gasteiger partial charge is 0.349 e. The van der Waals surface area contributed by atoms with Gasteiger partial charge in [0.2, 0.25) is 0 Å². The number of carbonyl (C=O) groups is 1. The van der Waals surface area contributed by atoms with E-state index in [9.17, 15) is 4.79 Å². The Morgan fingerprint density at radius 1 is 1.28 bits per heavy atom. The first-order valence-electron chi connectivity index (χ1n) is 6.27. The van der Waals surface area contributed by atoms with E-state index in [4.69, 9.17) is 11.6 Å². The lowest BCUT2D eigenvalue weighted by molar-refractivity contribution is -0.908. The second-order valence-corrected chi connectivity index (χ2v) is 5.47.